The van der Waals surface area contributed by atoms with Gasteiger partial charge < -0.3 is 34.5 Å². The summed E-state index contributed by atoms with van der Waals surface area (Å²) in [5, 5.41) is 5.55. The molecule has 2 aliphatic rings. The van der Waals surface area contributed by atoms with Gasteiger partial charge in [-0.3, -0.25) is 4.79 Å². The Kier molecular flexibility index (Phi) is 5.75. The van der Waals surface area contributed by atoms with Crippen LogP contribution in [0.2, 0.25) is 0 Å². The maximum atomic E-state index is 12.7. The Morgan fingerprint density at radius 3 is 2.48 bits per heavy atom. The van der Waals surface area contributed by atoms with Gasteiger partial charge in [0.2, 0.25) is 12.7 Å². The number of fused-ring (bicyclic) bond motifs is 2. The van der Waals surface area contributed by atoms with Crippen molar-refractivity contribution in [1.29, 1.82) is 0 Å². The van der Waals surface area contributed by atoms with Gasteiger partial charge in [0, 0.05) is 24.8 Å². The minimum absolute atomic E-state index is 0.164. The number of anilines is 1. The van der Waals surface area contributed by atoms with Crippen LogP contribution in [0.25, 0.3) is 0 Å². The number of rotatable bonds is 5. The van der Waals surface area contributed by atoms with E-state index in [0.717, 1.165) is 11.1 Å². The highest BCUT2D eigenvalue weighted by atomic mass is 16.7. The van der Waals surface area contributed by atoms with Crippen LogP contribution in [-0.2, 0) is 17.8 Å². The van der Waals surface area contributed by atoms with Crippen LogP contribution in [0.4, 0.5) is 10.5 Å². The molecule has 0 aliphatic carbocycles. The van der Waals surface area contributed by atoms with Crippen LogP contribution in [0.1, 0.15) is 18.1 Å². The molecular formula is C22H25N3O6. The number of urea groups is 1. The van der Waals surface area contributed by atoms with E-state index in [9.17, 15) is 9.59 Å². The summed E-state index contributed by atoms with van der Waals surface area (Å²) in [6, 6.07) is 7.98. The Morgan fingerprint density at radius 1 is 1.03 bits per heavy atom. The maximum absolute atomic E-state index is 12.7. The van der Waals surface area contributed by atoms with Crippen molar-refractivity contribution in [2.45, 2.75) is 25.9 Å². The first-order valence-electron chi connectivity index (χ1n) is 9.98. The standard InChI is InChI=1S/C22H25N3O6/c1-13(21(26)24-16-4-5-17-20(10-16)31-12-30-17)23-22(27)25-7-6-14-8-18(28-2)19(29-3)9-15(14)11-25/h4-5,8-10,13H,6-7,11-12H2,1-3H3,(H,23,27)(H,24,26). The fourth-order valence-electron chi connectivity index (χ4n) is 3.62. The van der Waals surface area contributed by atoms with E-state index in [-0.39, 0.29) is 18.7 Å². The summed E-state index contributed by atoms with van der Waals surface area (Å²) in [4.78, 5) is 27.0. The predicted octanol–water partition coefficient (Wildman–Crippen LogP) is 2.53. The highest BCUT2D eigenvalue weighted by Crippen LogP contribution is 2.34. The quantitative estimate of drug-likeness (QED) is 0.761. The molecule has 9 nitrogen and oxygen atoms in total. The summed E-state index contributed by atoms with van der Waals surface area (Å²) in [5.41, 5.74) is 2.69. The van der Waals surface area contributed by atoms with Crippen molar-refractivity contribution in [1.82, 2.24) is 10.2 Å². The van der Waals surface area contributed by atoms with Crippen molar-refractivity contribution in [2.24, 2.45) is 0 Å². The summed E-state index contributed by atoms with van der Waals surface area (Å²) < 4.78 is 21.3. The molecule has 0 spiro atoms. The van der Waals surface area contributed by atoms with Crippen molar-refractivity contribution in [3.05, 3.63) is 41.5 Å². The Labute approximate surface area is 180 Å². The lowest BCUT2D eigenvalue weighted by Gasteiger charge is -2.30. The number of nitrogens with one attached hydrogen (secondary N) is 2. The molecule has 2 aromatic carbocycles. The van der Waals surface area contributed by atoms with Gasteiger partial charge in [0.05, 0.1) is 14.2 Å². The number of benzene rings is 2. The van der Waals surface area contributed by atoms with Gasteiger partial charge in [-0.05, 0) is 48.7 Å². The Hall–Kier alpha value is -3.62. The second-order valence-electron chi connectivity index (χ2n) is 7.38. The maximum Gasteiger partial charge on any atom is 0.318 e. The van der Waals surface area contributed by atoms with E-state index in [0.29, 0.717) is 48.2 Å². The molecule has 2 N–H and O–H groups in total. The largest absolute Gasteiger partial charge is 0.493 e. The van der Waals surface area contributed by atoms with Gasteiger partial charge in [-0.2, -0.15) is 0 Å². The van der Waals surface area contributed by atoms with E-state index in [1.807, 2.05) is 12.1 Å². The zero-order valence-corrected chi connectivity index (χ0v) is 17.7. The monoisotopic (exact) mass is 427 g/mol. The van der Waals surface area contributed by atoms with Gasteiger partial charge in [-0.15, -0.1) is 0 Å². The third kappa shape index (κ3) is 4.30. The third-order valence-electron chi connectivity index (χ3n) is 5.38. The zero-order chi connectivity index (χ0) is 22.0. The highest BCUT2D eigenvalue weighted by molar-refractivity contribution is 5.97. The molecule has 1 unspecified atom stereocenters. The summed E-state index contributed by atoms with van der Waals surface area (Å²) >= 11 is 0. The van der Waals surface area contributed by atoms with E-state index in [1.54, 1.807) is 44.2 Å². The summed E-state index contributed by atoms with van der Waals surface area (Å²) in [6.07, 6.45) is 0.695. The number of nitrogens with zero attached hydrogens (tertiary/aromatic N) is 1. The smallest absolute Gasteiger partial charge is 0.318 e. The van der Waals surface area contributed by atoms with Crippen molar-refractivity contribution in [3.63, 3.8) is 0 Å². The highest BCUT2D eigenvalue weighted by Gasteiger charge is 2.25. The number of carbonyl (C=O) groups excluding carboxylic acids is 2. The second kappa shape index (κ2) is 8.63. The minimum atomic E-state index is -0.718. The summed E-state index contributed by atoms with van der Waals surface area (Å²) in [5.74, 6) is 2.19. The van der Waals surface area contributed by atoms with Gasteiger partial charge in [0.1, 0.15) is 6.04 Å². The molecular weight excluding hydrogens is 402 g/mol. The number of amides is 3. The molecule has 2 heterocycles. The number of carbonyl (C=O) groups is 2. The second-order valence-corrected chi connectivity index (χ2v) is 7.38. The minimum Gasteiger partial charge on any atom is -0.493 e. The van der Waals surface area contributed by atoms with Crippen molar-refractivity contribution in [3.8, 4) is 23.0 Å². The van der Waals surface area contributed by atoms with E-state index in [2.05, 4.69) is 10.6 Å². The van der Waals surface area contributed by atoms with E-state index in [1.165, 1.54) is 0 Å². The molecule has 4 rings (SSSR count). The Balaban J connectivity index is 1.36. The fraction of sp³-hybridized carbons (Fsp3) is 0.364. The molecule has 2 aromatic rings. The first-order chi connectivity index (χ1) is 15.0. The summed E-state index contributed by atoms with van der Waals surface area (Å²) in [7, 11) is 3.18. The first kappa shape index (κ1) is 20.6. The SMILES string of the molecule is COc1cc2c(cc1OC)CN(C(=O)NC(C)C(=O)Nc1ccc3c(c1)OCO3)CC2. The third-order valence-corrected chi connectivity index (χ3v) is 5.38. The molecule has 0 saturated heterocycles. The van der Waals surface area contributed by atoms with Crippen molar-refractivity contribution < 1.29 is 28.5 Å². The molecule has 0 saturated carbocycles. The van der Waals surface area contributed by atoms with Gasteiger partial charge in [-0.1, -0.05) is 0 Å². The van der Waals surface area contributed by atoms with Gasteiger partial charge in [-0.25, -0.2) is 4.79 Å². The molecule has 0 radical (unpaired) electrons. The lowest BCUT2D eigenvalue weighted by Crippen LogP contribution is -2.49. The Bertz CT molecular complexity index is 1010. The normalized spacial score (nSPS) is 15.0. The lowest BCUT2D eigenvalue weighted by molar-refractivity contribution is -0.117. The number of ether oxygens (including phenoxy) is 4. The van der Waals surface area contributed by atoms with E-state index < -0.39 is 6.04 Å². The molecule has 0 fully saturated rings. The van der Waals surface area contributed by atoms with Crippen molar-refractivity contribution >= 4 is 17.6 Å². The molecule has 0 bridgehead atoms. The van der Waals surface area contributed by atoms with Gasteiger partial charge in [0.15, 0.2) is 23.0 Å². The molecule has 0 aromatic heterocycles. The van der Waals surface area contributed by atoms with Crippen LogP contribution in [-0.4, -0.2) is 50.4 Å². The van der Waals surface area contributed by atoms with Crippen LogP contribution in [0.3, 0.4) is 0 Å². The van der Waals surface area contributed by atoms with Crippen LogP contribution in [0.15, 0.2) is 30.3 Å². The average Bonchev–Trinajstić information content (AvgIpc) is 3.25. The lowest BCUT2D eigenvalue weighted by atomic mass is 9.99. The zero-order valence-electron chi connectivity index (χ0n) is 17.7. The molecule has 2 aliphatic heterocycles. The van der Waals surface area contributed by atoms with Crippen LogP contribution < -0.4 is 29.6 Å². The number of methoxy groups -OCH3 is 2. The van der Waals surface area contributed by atoms with Crippen molar-refractivity contribution in [2.75, 3.05) is 32.9 Å². The van der Waals surface area contributed by atoms with Crippen LogP contribution >= 0.6 is 0 Å². The van der Waals surface area contributed by atoms with Gasteiger partial charge >= 0.3 is 6.03 Å². The molecule has 9 heteroatoms. The Morgan fingerprint density at radius 2 is 1.74 bits per heavy atom. The van der Waals surface area contributed by atoms with E-state index >= 15 is 0 Å². The molecule has 1 atom stereocenters. The molecule has 31 heavy (non-hydrogen) atoms. The predicted molar refractivity (Wildman–Crippen MR) is 113 cm³/mol. The molecule has 3 amide bonds. The van der Waals surface area contributed by atoms with Crippen LogP contribution in [0, 0.1) is 0 Å². The first-order valence-corrected chi connectivity index (χ1v) is 9.98. The number of hydrogen-bond donors (Lipinski definition) is 2. The van der Waals surface area contributed by atoms with Gasteiger partial charge in [0.25, 0.3) is 0 Å². The summed E-state index contributed by atoms with van der Waals surface area (Å²) in [6.45, 7) is 2.78. The average molecular weight is 427 g/mol. The van der Waals surface area contributed by atoms with Crippen LogP contribution in [0.5, 0.6) is 23.0 Å². The fourth-order valence-corrected chi connectivity index (χ4v) is 3.62. The van der Waals surface area contributed by atoms with E-state index in [4.69, 9.17) is 18.9 Å². The molecule has 164 valence electrons. The number of hydrogen-bond acceptors (Lipinski definition) is 6. The topological polar surface area (TPSA) is 98.4 Å².